The van der Waals surface area contributed by atoms with E-state index < -0.39 is 0 Å². The molecule has 1 N–H and O–H groups in total. The molecule has 1 fully saturated rings. The van der Waals surface area contributed by atoms with E-state index in [4.69, 9.17) is 4.74 Å². The largest absolute Gasteiger partial charge is 0.379 e. The molecule has 0 bridgehead atoms. The molecule has 2 aromatic carbocycles. The lowest BCUT2D eigenvalue weighted by molar-refractivity contribution is 0.0384. The molecule has 0 radical (unpaired) electrons. The maximum absolute atomic E-state index is 5.40. The minimum absolute atomic E-state index is 0.535. The molecule has 1 heterocycles. The zero-order chi connectivity index (χ0) is 16.2. The molecule has 3 heteroatoms. The number of rotatable bonds is 6. The molecule has 0 amide bonds. The molecule has 4 rings (SSSR count). The van der Waals surface area contributed by atoms with Gasteiger partial charge in [0.1, 0.15) is 0 Å². The number of hydrogen-bond acceptors (Lipinski definition) is 3. The van der Waals surface area contributed by atoms with Gasteiger partial charge < -0.3 is 10.1 Å². The lowest BCUT2D eigenvalue weighted by atomic mass is 9.94. The van der Waals surface area contributed by atoms with Crippen molar-refractivity contribution < 1.29 is 4.74 Å². The molecule has 0 spiro atoms. The van der Waals surface area contributed by atoms with Crippen molar-refractivity contribution >= 4 is 0 Å². The third-order valence-electron chi connectivity index (χ3n) is 5.28. The maximum Gasteiger partial charge on any atom is 0.0594 e. The summed E-state index contributed by atoms with van der Waals surface area (Å²) in [6, 6.07) is 17.8. The Labute approximate surface area is 144 Å². The topological polar surface area (TPSA) is 24.5 Å². The van der Waals surface area contributed by atoms with Gasteiger partial charge in [0.05, 0.1) is 13.2 Å². The second-order valence-electron chi connectivity index (χ2n) is 6.72. The molecule has 0 saturated carbocycles. The van der Waals surface area contributed by atoms with Gasteiger partial charge in [0, 0.05) is 32.1 Å². The van der Waals surface area contributed by atoms with Crippen LogP contribution in [0.5, 0.6) is 0 Å². The highest BCUT2D eigenvalue weighted by molar-refractivity contribution is 5.78. The first-order valence-corrected chi connectivity index (χ1v) is 9.12. The number of nitrogens with one attached hydrogen (secondary N) is 1. The lowest BCUT2D eigenvalue weighted by Gasteiger charge is -2.26. The number of nitrogens with zero attached hydrogens (tertiary/aromatic N) is 1. The maximum atomic E-state index is 5.40. The van der Waals surface area contributed by atoms with Gasteiger partial charge in [-0.1, -0.05) is 48.5 Å². The second kappa shape index (κ2) is 7.47. The van der Waals surface area contributed by atoms with Crippen LogP contribution in [0.25, 0.3) is 11.1 Å². The van der Waals surface area contributed by atoms with Crippen LogP contribution in [-0.4, -0.2) is 50.8 Å². The van der Waals surface area contributed by atoms with Gasteiger partial charge in [0.15, 0.2) is 0 Å². The lowest BCUT2D eigenvalue weighted by Crippen LogP contribution is -2.40. The van der Waals surface area contributed by atoms with Gasteiger partial charge in [0.25, 0.3) is 0 Å². The summed E-state index contributed by atoms with van der Waals surface area (Å²) in [5.41, 5.74) is 5.83. The van der Waals surface area contributed by atoms with Crippen LogP contribution in [0.15, 0.2) is 48.5 Å². The smallest absolute Gasteiger partial charge is 0.0594 e. The first-order valence-electron chi connectivity index (χ1n) is 9.12. The average molecular weight is 322 g/mol. The average Bonchev–Trinajstić information content (AvgIpc) is 2.97. The molecule has 24 heavy (non-hydrogen) atoms. The van der Waals surface area contributed by atoms with E-state index in [1.807, 2.05) is 0 Å². The molecule has 1 aliphatic heterocycles. The van der Waals surface area contributed by atoms with E-state index in [2.05, 4.69) is 58.7 Å². The molecule has 0 aromatic heterocycles. The van der Waals surface area contributed by atoms with E-state index in [9.17, 15) is 0 Å². The van der Waals surface area contributed by atoms with Crippen molar-refractivity contribution in [2.75, 3.05) is 45.9 Å². The number of morpholine rings is 1. The molecule has 2 aromatic rings. The van der Waals surface area contributed by atoms with Crippen molar-refractivity contribution in [3.8, 4) is 11.1 Å². The number of benzene rings is 2. The van der Waals surface area contributed by atoms with Crippen LogP contribution in [0.1, 0.15) is 23.5 Å². The molecule has 3 nitrogen and oxygen atoms in total. The van der Waals surface area contributed by atoms with Crippen molar-refractivity contribution in [2.45, 2.75) is 12.3 Å². The molecular weight excluding hydrogens is 296 g/mol. The normalized spacial score (nSPS) is 17.7. The van der Waals surface area contributed by atoms with Crippen LogP contribution >= 0.6 is 0 Å². The van der Waals surface area contributed by atoms with Gasteiger partial charge in [-0.15, -0.1) is 0 Å². The van der Waals surface area contributed by atoms with Gasteiger partial charge >= 0.3 is 0 Å². The quantitative estimate of drug-likeness (QED) is 0.827. The molecule has 2 aliphatic rings. The van der Waals surface area contributed by atoms with E-state index >= 15 is 0 Å². The van der Waals surface area contributed by atoms with Crippen LogP contribution < -0.4 is 5.32 Å². The third kappa shape index (κ3) is 3.25. The zero-order valence-electron chi connectivity index (χ0n) is 14.2. The van der Waals surface area contributed by atoms with E-state index in [1.165, 1.54) is 22.3 Å². The Balaban J connectivity index is 1.33. The minimum atomic E-state index is 0.535. The van der Waals surface area contributed by atoms with Crippen molar-refractivity contribution in [2.24, 2.45) is 0 Å². The predicted octanol–water partition coefficient (Wildman–Crippen LogP) is 3.11. The molecule has 0 atom stereocenters. The SMILES string of the molecule is c1ccc2c(c1)-c1ccccc1C2CCNCCN1CCOCC1. The van der Waals surface area contributed by atoms with E-state index in [0.717, 1.165) is 52.4 Å². The highest BCUT2D eigenvalue weighted by Crippen LogP contribution is 2.45. The summed E-state index contributed by atoms with van der Waals surface area (Å²) in [5.74, 6) is 0.535. The first-order chi connectivity index (χ1) is 11.9. The summed E-state index contributed by atoms with van der Waals surface area (Å²) in [5, 5.41) is 3.64. The molecule has 1 aliphatic carbocycles. The van der Waals surface area contributed by atoms with Gasteiger partial charge in [-0.2, -0.15) is 0 Å². The van der Waals surface area contributed by atoms with Crippen LogP contribution in [0.4, 0.5) is 0 Å². The first kappa shape index (κ1) is 15.8. The van der Waals surface area contributed by atoms with Gasteiger partial charge in [-0.05, 0) is 35.2 Å². The Kier molecular flexibility index (Phi) is 4.93. The van der Waals surface area contributed by atoms with E-state index in [1.54, 1.807) is 0 Å². The van der Waals surface area contributed by atoms with Gasteiger partial charge in [-0.3, -0.25) is 4.90 Å². The van der Waals surface area contributed by atoms with Crippen molar-refractivity contribution in [3.05, 3.63) is 59.7 Å². The van der Waals surface area contributed by atoms with Crippen LogP contribution in [0.3, 0.4) is 0 Å². The Bertz CT molecular complexity index is 634. The number of ether oxygens (including phenoxy) is 1. The number of fused-ring (bicyclic) bond motifs is 3. The summed E-state index contributed by atoms with van der Waals surface area (Å²) < 4.78 is 5.40. The summed E-state index contributed by atoms with van der Waals surface area (Å²) in [6.07, 6.45) is 1.16. The monoisotopic (exact) mass is 322 g/mol. The van der Waals surface area contributed by atoms with Gasteiger partial charge in [0.2, 0.25) is 0 Å². The van der Waals surface area contributed by atoms with Crippen molar-refractivity contribution in [3.63, 3.8) is 0 Å². The fourth-order valence-electron chi connectivity index (χ4n) is 4.00. The standard InChI is InChI=1S/C21H26N2O/c1-3-7-19-17(5-1)18-6-2-4-8-20(18)21(19)9-10-22-11-12-23-13-15-24-16-14-23/h1-8,21-22H,9-16H2. The van der Waals surface area contributed by atoms with Crippen molar-refractivity contribution in [1.29, 1.82) is 0 Å². The highest BCUT2D eigenvalue weighted by Gasteiger charge is 2.27. The summed E-state index contributed by atoms with van der Waals surface area (Å²) in [7, 11) is 0. The second-order valence-corrected chi connectivity index (χ2v) is 6.72. The zero-order valence-corrected chi connectivity index (χ0v) is 14.2. The Hall–Kier alpha value is -1.68. The van der Waals surface area contributed by atoms with Crippen molar-refractivity contribution in [1.82, 2.24) is 10.2 Å². The molecule has 1 saturated heterocycles. The Morgan fingerprint density at radius 1 is 0.875 bits per heavy atom. The minimum Gasteiger partial charge on any atom is -0.379 e. The highest BCUT2D eigenvalue weighted by atomic mass is 16.5. The van der Waals surface area contributed by atoms with Gasteiger partial charge in [-0.25, -0.2) is 0 Å². The molecular formula is C21H26N2O. The van der Waals surface area contributed by atoms with Crippen LogP contribution in [0, 0.1) is 0 Å². The summed E-state index contributed by atoms with van der Waals surface area (Å²) >= 11 is 0. The van der Waals surface area contributed by atoms with Crippen LogP contribution in [-0.2, 0) is 4.74 Å². The number of hydrogen-bond donors (Lipinski definition) is 1. The van der Waals surface area contributed by atoms with Crippen LogP contribution in [0.2, 0.25) is 0 Å². The fraction of sp³-hybridized carbons (Fsp3) is 0.429. The van der Waals surface area contributed by atoms with E-state index in [0.29, 0.717) is 5.92 Å². The molecule has 126 valence electrons. The van der Waals surface area contributed by atoms with E-state index in [-0.39, 0.29) is 0 Å². The summed E-state index contributed by atoms with van der Waals surface area (Å²) in [6.45, 7) is 7.18. The Morgan fingerprint density at radius 2 is 1.50 bits per heavy atom. The Morgan fingerprint density at radius 3 is 2.17 bits per heavy atom. The molecule has 0 unspecified atom stereocenters. The predicted molar refractivity (Wildman–Crippen MR) is 98.5 cm³/mol. The fourth-order valence-corrected chi connectivity index (χ4v) is 4.00. The third-order valence-corrected chi connectivity index (χ3v) is 5.28. The summed E-state index contributed by atoms with van der Waals surface area (Å²) in [4.78, 5) is 2.48.